The number of nitrogens with two attached hydrogens (primary N) is 1. The number of amides is 1. The van der Waals surface area contributed by atoms with E-state index in [1.54, 1.807) is 0 Å². The molecule has 1 unspecified atom stereocenters. The van der Waals surface area contributed by atoms with Gasteiger partial charge in [0.15, 0.2) is 5.96 Å². The Morgan fingerprint density at radius 1 is 1.45 bits per heavy atom. The summed E-state index contributed by atoms with van der Waals surface area (Å²) in [6.45, 7) is 9.88. The Labute approximate surface area is 135 Å². The number of likely N-dealkylation sites (tertiary alicyclic amines) is 1. The van der Waals surface area contributed by atoms with Crippen molar-refractivity contribution in [3.8, 4) is 0 Å². The van der Waals surface area contributed by atoms with E-state index in [2.05, 4.69) is 50.0 Å². The highest BCUT2D eigenvalue weighted by Gasteiger charge is 2.25. The molecule has 1 heterocycles. The summed E-state index contributed by atoms with van der Waals surface area (Å²) in [6.07, 6.45) is 2.63. The van der Waals surface area contributed by atoms with Crippen molar-refractivity contribution in [1.82, 2.24) is 15.1 Å². The molecule has 1 aliphatic heterocycles. The number of piperidine rings is 1. The fourth-order valence-corrected chi connectivity index (χ4v) is 2.54. The van der Waals surface area contributed by atoms with Crippen LogP contribution in [0.1, 0.15) is 40.0 Å². The van der Waals surface area contributed by atoms with Crippen molar-refractivity contribution in [2.24, 2.45) is 16.6 Å². The number of carbonyl (C=O) groups is 1. The second-order valence-corrected chi connectivity index (χ2v) is 7.00. The lowest BCUT2D eigenvalue weighted by atomic mass is 9.95. The van der Waals surface area contributed by atoms with E-state index in [-0.39, 0.29) is 11.4 Å². The summed E-state index contributed by atoms with van der Waals surface area (Å²) in [6, 6.07) is 0. The van der Waals surface area contributed by atoms with Crippen molar-refractivity contribution in [3.63, 3.8) is 0 Å². The van der Waals surface area contributed by atoms with Gasteiger partial charge < -0.3 is 20.9 Å². The standard InChI is InChI=1S/C16H33N5O/c1-6-18-15(19-12-16(2,3)20(4)5)21-9-7-8-13(11-21)10-14(17)22/h13H,6-12H2,1-5H3,(H2,17,22)(H,18,19). The van der Waals surface area contributed by atoms with Gasteiger partial charge in [-0.15, -0.1) is 0 Å². The number of likely N-dealkylation sites (N-methyl/N-ethyl adjacent to an activating group) is 1. The average molecular weight is 311 g/mol. The van der Waals surface area contributed by atoms with Gasteiger partial charge in [-0.25, -0.2) is 0 Å². The van der Waals surface area contributed by atoms with Crippen LogP contribution in [0.5, 0.6) is 0 Å². The van der Waals surface area contributed by atoms with Crippen LogP contribution in [0.15, 0.2) is 4.99 Å². The van der Waals surface area contributed by atoms with Crippen molar-refractivity contribution < 1.29 is 4.79 Å². The van der Waals surface area contributed by atoms with Gasteiger partial charge in [-0.05, 0) is 53.6 Å². The lowest BCUT2D eigenvalue weighted by molar-refractivity contribution is -0.119. The number of aliphatic imine (C=N–C) groups is 1. The summed E-state index contributed by atoms with van der Waals surface area (Å²) in [5.41, 5.74) is 5.36. The van der Waals surface area contributed by atoms with Crippen LogP contribution in [0, 0.1) is 5.92 Å². The number of nitrogens with one attached hydrogen (secondary N) is 1. The molecule has 0 saturated carbocycles. The van der Waals surface area contributed by atoms with Gasteiger partial charge in [0.2, 0.25) is 5.91 Å². The smallest absolute Gasteiger partial charge is 0.217 e. The van der Waals surface area contributed by atoms with Crippen molar-refractivity contribution in [2.45, 2.75) is 45.6 Å². The Balaban J connectivity index is 2.74. The average Bonchev–Trinajstić information content (AvgIpc) is 2.42. The Morgan fingerprint density at radius 2 is 2.14 bits per heavy atom. The van der Waals surface area contributed by atoms with Crippen LogP contribution in [-0.2, 0) is 4.79 Å². The van der Waals surface area contributed by atoms with E-state index < -0.39 is 0 Å². The molecule has 1 aliphatic rings. The van der Waals surface area contributed by atoms with Crippen LogP contribution in [0.2, 0.25) is 0 Å². The third-order valence-corrected chi connectivity index (χ3v) is 4.47. The molecular weight excluding hydrogens is 278 g/mol. The zero-order valence-electron chi connectivity index (χ0n) is 14.9. The monoisotopic (exact) mass is 311 g/mol. The summed E-state index contributed by atoms with van der Waals surface area (Å²) in [7, 11) is 4.15. The van der Waals surface area contributed by atoms with Gasteiger partial charge in [0.25, 0.3) is 0 Å². The van der Waals surface area contributed by atoms with Crippen molar-refractivity contribution in [1.29, 1.82) is 0 Å². The SMILES string of the molecule is CCNC(=NCC(C)(C)N(C)C)N1CCCC(CC(N)=O)C1. The van der Waals surface area contributed by atoms with Gasteiger partial charge in [0.05, 0.1) is 6.54 Å². The van der Waals surface area contributed by atoms with Crippen LogP contribution >= 0.6 is 0 Å². The molecule has 1 atom stereocenters. The predicted octanol–water partition coefficient (Wildman–Crippen LogP) is 0.880. The van der Waals surface area contributed by atoms with Gasteiger partial charge in [-0.3, -0.25) is 9.79 Å². The molecule has 3 N–H and O–H groups in total. The summed E-state index contributed by atoms with van der Waals surface area (Å²) < 4.78 is 0. The highest BCUT2D eigenvalue weighted by atomic mass is 16.1. The van der Waals surface area contributed by atoms with Crippen LogP contribution in [0.3, 0.4) is 0 Å². The Morgan fingerprint density at radius 3 is 2.68 bits per heavy atom. The molecule has 1 amide bonds. The fraction of sp³-hybridized carbons (Fsp3) is 0.875. The van der Waals surface area contributed by atoms with Gasteiger partial charge in [-0.1, -0.05) is 0 Å². The van der Waals surface area contributed by atoms with Crippen LogP contribution < -0.4 is 11.1 Å². The highest BCUT2D eigenvalue weighted by molar-refractivity contribution is 5.80. The maximum Gasteiger partial charge on any atom is 0.217 e. The fourth-order valence-electron chi connectivity index (χ4n) is 2.54. The Bertz CT molecular complexity index is 392. The molecule has 0 radical (unpaired) electrons. The van der Waals surface area contributed by atoms with E-state index in [0.717, 1.165) is 45.0 Å². The summed E-state index contributed by atoms with van der Waals surface area (Å²) in [5.74, 6) is 1.09. The molecule has 0 spiro atoms. The van der Waals surface area contributed by atoms with Gasteiger partial charge >= 0.3 is 0 Å². The topological polar surface area (TPSA) is 74.0 Å². The molecule has 128 valence electrons. The number of hydrogen-bond acceptors (Lipinski definition) is 3. The third kappa shape index (κ3) is 5.83. The molecule has 0 aromatic carbocycles. The number of nitrogens with zero attached hydrogens (tertiary/aromatic N) is 3. The van der Waals surface area contributed by atoms with Crippen LogP contribution in [0.4, 0.5) is 0 Å². The highest BCUT2D eigenvalue weighted by Crippen LogP contribution is 2.20. The number of carbonyl (C=O) groups excluding carboxylic acids is 1. The number of hydrogen-bond donors (Lipinski definition) is 2. The van der Waals surface area contributed by atoms with Crippen molar-refractivity contribution in [2.75, 3.05) is 40.3 Å². The van der Waals surface area contributed by atoms with Crippen molar-refractivity contribution in [3.05, 3.63) is 0 Å². The Hall–Kier alpha value is -1.30. The molecule has 1 rings (SSSR count). The lowest BCUT2D eigenvalue weighted by Gasteiger charge is -2.36. The number of primary amides is 1. The third-order valence-electron chi connectivity index (χ3n) is 4.47. The van der Waals surface area contributed by atoms with Crippen LogP contribution in [-0.4, -0.2) is 67.5 Å². The zero-order valence-corrected chi connectivity index (χ0v) is 14.9. The minimum Gasteiger partial charge on any atom is -0.370 e. The minimum atomic E-state index is -0.206. The van der Waals surface area contributed by atoms with E-state index >= 15 is 0 Å². The van der Waals surface area contributed by atoms with Gasteiger partial charge in [-0.2, -0.15) is 0 Å². The number of rotatable bonds is 6. The number of guanidine groups is 1. The van der Waals surface area contributed by atoms with E-state index in [4.69, 9.17) is 10.7 Å². The molecule has 0 aromatic rings. The van der Waals surface area contributed by atoms with E-state index in [9.17, 15) is 4.79 Å². The zero-order chi connectivity index (χ0) is 16.8. The normalized spacial score (nSPS) is 20.4. The molecule has 6 heteroatoms. The molecule has 22 heavy (non-hydrogen) atoms. The maximum absolute atomic E-state index is 11.2. The predicted molar refractivity (Wildman–Crippen MR) is 91.9 cm³/mol. The molecule has 0 aliphatic carbocycles. The van der Waals surface area contributed by atoms with E-state index in [1.807, 2.05) is 0 Å². The molecular formula is C16H33N5O. The Kier molecular flexibility index (Phi) is 7.13. The second-order valence-electron chi connectivity index (χ2n) is 7.00. The molecule has 0 aromatic heterocycles. The lowest BCUT2D eigenvalue weighted by Crippen LogP contribution is -2.48. The van der Waals surface area contributed by atoms with Gasteiger partial charge in [0.1, 0.15) is 0 Å². The maximum atomic E-state index is 11.2. The quantitative estimate of drug-likeness (QED) is 0.564. The van der Waals surface area contributed by atoms with Crippen LogP contribution in [0.25, 0.3) is 0 Å². The summed E-state index contributed by atoms with van der Waals surface area (Å²) in [4.78, 5) is 20.4. The first-order chi connectivity index (χ1) is 10.3. The first-order valence-electron chi connectivity index (χ1n) is 8.25. The summed E-state index contributed by atoms with van der Waals surface area (Å²) in [5, 5.41) is 3.38. The first-order valence-corrected chi connectivity index (χ1v) is 8.25. The van der Waals surface area contributed by atoms with Crippen molar-refractivity contribution >= 4 is 11.9 Å². The second kappa shape index (κ2) is 8.36. The minimum absolute atomic E-state index is 0.0169. The molecule has 6 nitrogen and oxygen atoms in total. The molecule has 0 bridgehead atoms. The van der Waals surface area contributed by atoms with E-state index in [1.165, 1.54) is 0 Å². The molecule has 1 saturated heterocycles. The first kappa shape index (κ1) is 18.7. The van der Waals surface area contributed by atoms with E-state index in [0.29, 0.717) is 12.3 Å². The summed E-state index contributed by atoms with van der Waals surface area (Å²) >= 11 is 0. The molecule has 1 fully saturated rings. The largest absolute Gasteiger partial charge is 0.370 e. The van der Waals surface area contributed by atoms with Gasteiger partial charge in [0, 0.05) is 31.6 Å².